The number of aromatic nitrogens is 1. The van der Waals surface area contributed by atoms with E-state index < -0.39 is 5.91 Å². The summed E-state index contributed by atoms with van der Waals surface area (Å²) in [6.07, 6.45) is 1.92. The van der Waals surface area contributed by atoms with Gasteiger partial charge >= 0.3 is 0 Å². The van der Waals surface area contributed by atoms with E-state index in [0.717, 1.165) is 38.2 Å². The van der Waals surface area contributed by atoms with Crippen LogP contribution in [0.1, 0.15) is 35.7 Å². The Morgan fingerprint density at radius 3 is 2.93 bits per heavy atom. The summed E-state index contributed by atoms with van der Waals surface area (Å²) >= 11 is 6.18. The maximum Gasteiger partial charge on any atom is 0.295 e. The van der Waals surface area contributed by atoms with Crippen molar-refractivity contribution in [3.05, 3.63) is 52.5 Å². The average molecular weight is 428 g/mol. The van der Waals surface area contributed by atoms with Crippen LogP contribution in [-0.2, 0) is 6.54 Å². The van der Waals surface area contributed by atoms with Crippen molar-refractivity contribution in [3.8, 4) is 5.75 Å². The molecule has 1 fully saturated rings. The summed E-state index contributed by atoms with van der Waals surface area (Å²) in [5.41, 5.74) is 7.79. The monoisotopic (exact) mass is 427 g/mol. The summed E-state index contributed by atoms with van der Waals surface area (Å²) in [4.78, 5) is 18.4. The van der Waals surface area contributed by atoms with Crippen LogP contribution in [0.4, 0.5) is 6.01 Å². The fourth-order valence-corrected chi connectivity index (χ4v) is 3.90. The molecule has 3 aromatic rings. The summed E-state index contributed by atoms with van der Waals surface area (Å²) in [5.74, 6) is 0.167. The lowest BCUT2D eigenvalue weighted by atomic mass is 10.0. The van der Waals surface area contributed by atoms with Gasteiger partial charge in [0.25, 0.3) is 11.9 Å². The molecule has 0 unspecified atom stereocenters. The van der Waals surface area contributed by atoms with Crippen molar-refractivity contribution < 1.29 is 13.9 Å². The van der Waals surface area contributed by atoms with Gasteiger partial charge in [0.15, 0.2) is 5.58 Å². The van der Waals surface area contributed by atoms with E-state index in [1.54, 1.807) is 12.1 Å². The molecule has 0 spiro atoms. The molecular formula is C22H24ClN4O3. The van der Waals surface area contributed by atoms with Crippen molar-refractivity contribution >= 4 is 34.6 Å². The number of halogens is 1. The number of nitrogens with one attached hydrogen (secondary N) is 1. The van der Waals surface area contributed by atoms with Gasteiger partial charge in [0.1, 0.15) is 11.3 Å². The third kappa shape index (κ3) is 4.52. The largest absolute Gasteiger partial charge is 0.492 e. The maximum atomic E-state index is 11.5. The standard InChI is InChI=1S/C22H24ClN4O3/c1-2-29-19-12-14(6-7-17(19)23)13-27-10-8-15(9-11-27)25-22-26-20-16(21(24)28)4-3-5-18(20)30-22/h3,5-7,12,15H,2,8-11,13H2,1H3,(H2,24,28)(H,25,26). The lowest BCUT2D eigenvalue weighted by Crippen LogP contribution is -2.38. The molecule has 0 bridgehead atoms. The third-order valence-corrected chi connectivity index (χ3v) is 5.53. The maximum absolute atomic E-state index is 11.5. The van der Waals surface area contributed by atoms with Gasteiger partial charge < -0.3 is 20.2 Å². The Morgan fingerprint density at radius 2 is 2.20 bits per heavy atom. The average Bonchev–Trinajstić information content (AvgIpc) is 3.14. The van der Waals surface area contributed by atoms with Crippen LogP contribution in [0.5, 0.6) is 5.75 Å². The minimum atomic E-state index is -0.566. The first-order valence-electron chi connectivity index (χ1n) is 10.0. The number of piperidine rings is 1. The van der Waals surface area contributed by atoms with Gasteiger partial charge in [0.2, 0.25) is 0 Å². The second-order valence-corrected chi connectivity index (χ2v) is 7.75. The van der Waals surface area contributed by atoms with Crippen molar-refractivity contribution in [1.29, 1.82) is 0 Å². The number of carbonyl (C=O) groups is 1. The number of nitrogens with zero attached hydrogens (tertiary/aromatic N) is 2. The molecule has 1 aromatic heterocycles. The number of anilines is 1. The van der Waals surface area contributed by atoms with Gasteiger partial charge in [-0.15, -0.1) is 0 Å². The molecule has 0 aliphatic carbocycles. The number of hydrogen-bond donors (Lipinski definition) is 2. The Bertz CT molecular complexity index is 1040. The van der Waals surface area contributed by atoms with Crippen LogP contribution in [0.2, 0.25) is 5.02 Å². The molecule has 0 saturated carbocycles. The van der Waals surface area contributed by atoms with Crippen molar-refractivity contribution in [2.75, 3.05) is 25.0 Å². The van der Waals surface area contributed by atoms with Gasteiger partial charge in [-0.1, -0.05) is 17.7 Å². The van der Waals surface area contributed by atoms with E-state index in [1.165, 1.54) is 5.56 Å². The fraction of sp³-hybridized carbons (Fsp3) is 0.364. The van der Waals surface area contributed by atoms with Gasteiger partial charge in [0.05, 0.1) is 17.2 Å². The Morgan fingerprint density at radius 1 is 1.40 bits per heavy atom. The van der Waals surface area contributed by atoms with Crippen LogP contribution in [-0.4, -0.2) is 41.5 Å². The van der Waals surface area contributed by atoms with Crippen LogP contribution in [0.15, 0.2) is 34.7 Å². The highest BCUT2D eigenvalue weighted by molar-refractivity contribution is 6.32. The number of ether oxygens (including phenoxy) is 1. The molecule has 157 valence electrons. The molecule has 1 saturated heterocycles. The van der Waals surface area contributed by atoms with Gasteiger partial charge in [-0.2, -0.15) is 4.98 Å². The molecule has 8 heteroatoms. The van der Waals surface area contributed by atoms with Crippen LogP contribution in [0, 0.1) is 6.07 Å². The normalized spacial score (nSPS) is 15.4. The van der Waals surface area contributed by atoms with E-state index in [4.69, 9.17) is 26.5 Å². The smallest absolute Gasteiger partial charge is 0.295 e. The van der Waals surface area contributed by atoms with E-state index >= 15 is 0 Å². The van der Waals surface area contributed by atoms with Crippen molar-refractivity contribution in [2.24, 2.45) is 5.73 Å². The number of amides is 1. The topological polar surface area (TPSA) is 93.6 Å². The minimum absolute atomic E-state index is 0.244. The SMILES string of the molecule is CCOc1cc(CN2CCC(Nc3nc4c(C(N)=O)[c]ccc4o3)CC2)ccc1Cl. The summed E-state index contributed by atoms with van der Waals surface area (Å²) in [5, 5.41) is 3.98. The summed E-state index contributed by atoms with van der Waals surface area (Å²) < 4.78 is 11.3. The van der Waals surface area contributed by atoms with Crippen molar-refractivity contribution in [2.45, 2.75) is 32.4 Å². The van der Waals surface area contributed by atoms with Gasteiger partial charge in [-0.3, -0.25) is 9.69 Å². The van der Waals surface area contributed by atoms with E-state index in [2.05, 4.69) is 21.3 Å². The third-order valence-electron chi connectivity index (χ3n) is 5.22. The second-order valence-electron chi connectivity index (χ2n) is 7.34. The van der Waals surface area contributed by atoms with E-state index in [0.29, 0.717) is 28.7 Å². The molecule has 3 N–H and O–H groups in total. The lowest BCUT2D eigenvalue weighted by molar-refractivity contribution is 0.100. The molecule has 4 rings (SSSR count). The zero-order chi connectivity index (χ0) is 21.1. The summed E-state index contributed by atoms with van der Waals surface area (Å²) in [6, 6.07) is 12.8. The van der Waals surface area contributed by atoms with Crippen LogP contribution >= 0.6 is 11.6 Å². The first kappa shape index (κ1) is 20.5. The molecule has 1 radical (unpaired) electrons. The molecule has 1 aliphatic rings. The lowest BCUT2D eigenvalue weighted by Gasteiger charge is -2.32. The van der Waals surface area contributed by atoms with E-state index in [-0.39, 0.29) is 11.6 Å². The first-order valence-corrected chi connectivity index (χ1v) is 10.4. The van der Waals surface area contributed by atoms with E-state index in [1.807, 2.05) is 25.1 Å². The molecule has 2 aromatic carbocycles. The molecule has 1 amide bonds. The molecule has 1 aliphatic heterocycles. The number of hydrogen-bond acceptors (Lipinski definition) is 6. The van der Waals surface area contributed by atoms with Crippen LogP contribution in [0.25, 0.3) is 11.1 Å². The Labute approximate surface area is 180 Å². The molecular weight excluding hydrogens is 404 g/mol. The van der Waals surface area contributed by atoms with Gasteiger partial charge in [-0.05, 0) is 55.7 Å². The predicted molar refractivity (Wildman–Crippen MR) is 116 cm³/mol. The number of nitrogens with two attached hydrogens (primary N) is 1. The Kier molecular flexibility index (Phi) is 6.11. The quantitative estimate of drug-likeness (QED) is 0.594. The second kappa shape index (κ2) is 8.93. The van der Waals surface area contributed by atoms with Gasteiger partial charge in [-0.25, -0.2) is 0 Å². The number of fused-ring (bicyclic) bond motifs is 1. The number of primary amides is 1. The Balaban J connectivity index is 1.35. The first-order chi connectivity index (χ1) is 14.5. The van der Waals surface area contributed by atoms with Crippen LogP contribution < -0.4 is 15.8 Å². The van der Waals surface area contributed by atoms with E-state index in [9.17, 15) is 4.79 Å². The highest BCUT2D eigenvalue weighted by Crippen LogP contribution is 2.27. The molecule has 2 heterocycles. The zero-order valence-electron chi connectivity index (χ0n) is 16.8. The number of likely N-dealkylation sites (tertiary alicyclic amines) is 1. The summed E-state index contributed by atoms with van der Waals surface area (Å²) in [6.45, 7) is 5.29. The fourth-order valence-electron chi connectivity index (χ4n) is 3.72. The minimum Gasteiger partial charge on any atom is -0.492 e. The predicted octanol–water partition coefficient (Wildman–Crippen LogP) is 3.86. The molecule has 7 nitrogen and oxygen atoms in total. The number of benzene rings is 2. The Hall–Kier alpha value is -2.77. The summed E-state index contributed by atoms with van der Waals surface area (Å²) in [7, 11) is 0. The highest BCUT2D eigenvalue weighted by atomic mass is 35.5. The number of oxazole rings is 1. The molecule has 30 heavy (non-hydrogen) atoms. The highest BCUT2D eigenvalue weighted by Gasteiger charge is 2.22. The van der Waals surface area contributed by atoms with Crippen LogP contribution in [0.3, 0.4) is 0 Å². The van der Waals surface area contributed by atoms with Crippen molar-refractivity contribution in [1.82, 2.24) is 9.88 Å². The molecule has 0 atom stereocenters. The number of rotatable bonds is 7. The zero-order valence-corrected chi connectivity index (χ0v) is 17.5. The van der Waals surface area contributed by atoms with Gasteiger partial charge in [0, 0.05) is 25.7 Å². The van der Waals surface area contributed by atoms with Crippen molar-refractivity contribution in [3.63, 3.8) is 0 Å². The number of carbonyl (C=O) groups excluding carboxylic acids is 1.